The van der Waals surface area contributed by atoms with Crippen LogP contribution in [0.3, 0.4) is 0 Å². The van der Waals surface area contributed by atoms with E-state index >= 15 is 0 Å². The predicted molar refractivity (Wildman–Crippen MR) is 52.5 cm³/mol. The molecule has 0 amide bonds. The van der Waals surface area contributed by atoms with Gasteiger partial charge in [0.15, 0.2) is 0 Å². The molecule has 0 aliphatic heterocycles. The van der Waals surface area contributed by atoms with E-state index in [1.165, 1.54) is 0 Å². The number of carboxylic acid groups (broad SMARTS) is 1. The maximum atomic E-state index is 10.8. The summed E-state index contributed by atoms with van der Waals surface area (Å²) >= 11 is 5.91. The second-order valence-electron chi connectivity index (χ2n) is 3.16. The van der Waals surface area contributed by atoms with Crippen molar-refractivity contribution in [2.75, 3.05) is 0 Å². The fourth-order valence-electron chi connectivity index (χ4n) is 1.31. The molecule has 0 unspecified atom stereocenters. The molecule has 0 saturated carbocycles. The third-order valence-corrected chi connectivity index (χ3v) is 2.19. The first-order valence-electron chi connectivity index (χ1n) is 4.05. The minimum absolute atomic E-state index is 0.125. The van der Waals surface area contributed by atoms with Gasteiger partial charge in [-0.05, 0) is 23.6 Å². The fraction of sp³-hybridized carbons (Fsp3) is 0.300. The number of carbonyl (C=O) groups is 1. The van der Waals surface area contributed by atoms with Crippen LogP contribution in [0.25, 0.3) is 0 Å². The molecule has 0 spiro atoms. The van der Waals surface area contributed by atoms with Gasteiger partial charge in [0, 0.05) is 5.02 Å². The van der Waals surface area contributed by atoms with Crippen molar-refractivity contribution in [3.63, 3.8) is 0 Å². The summed E-state index contributed by atoms with van der Waals surface area (Å²) in [5, 5.41) is 9.40. The van der Waals surface area contributed by atoms with Gasteiger partial charge in [0.25, 0.3) is 0 Å². The highest BCUT2D eigenvalue weighted by Gasteiger charge is 2.15. The molecule has 0 heterocycles. The third-order valence-electron chi connectivity index (χ3n) is 1.86. The van der Waals surface area contributed by atoms with Gasteiger partial charge < -0.3 is 5.11 Å². The number of hydrogen-bond donors (Lipinski definition) is 1. The zero-order chi connectivity index (χ0) is 10.0. The Kier molecular flexibility index (Phi) is 2.94. The van der Waals surface area contributed by atoms with Crippen LogP contribution in [0.1, 0.15) is 35.7 Å². The van der Waals surface area contributed by atoms with E-state index in [2.05, 4.69) is 0 Å². The van der Waals surface area contributed by atoms with E-state index in [0.29, 0.717) is 16.1 Å². The number of rotatable bonds is 2. The Labute approximate surface area is 82.2 Å². The van der Waals surface area contributed by atoms with E-state index in [1.807, 2.05) is 13.8 Å². The van der Waals surface area contributed by atoms with Gasteiger partial charge in [-0.3, -0.25) is 0 Å². The molecule has 0 aliphatic rings. The maximum Gasteiger partial charge on any atom is 0.336 e. The lowest BCUT2D eigenvalue weighted by Gasteiger charge is -2.11. The molecule has 1 aromatic rings. The SMILES string of the molecule is CC(C)c1c(Cl)cccc1C(=O)O. The van der Waals surface area contributed by atoms with Gasteiger partial charge in [0.1, 0.15) is 0 Å². The van der Waals surface area contributed by atoms with Crippen LogP contribution < -0.4 is 0 Å². The van der Waals surface area contributed by atoms with E-state index in [-0.39, 0.29) is 5.92 Å². The number of halogens is 1. The summed E-state index contributed by atoms with van der Waals surface area (Å²) in [6, 6.07) is 4.94. The molecular weight excluding hydrogens is 188 g/mol. The quantitative estimate of drug-likeness (QED) is 0.793. The molecule has 0 fully saturated rings. The van der Waals surface area contributed by atoms with E-state index < -0.39 is 5.97 Å². The normalized spacial score (nSPS) is 10.5. The van der Waals surface area contributed by atoms with Gasteiger partial charge in [0.05, 0.1) is 5.56 Å². The van der Waals surface area contributed by atoms with E-state index in [0.717, 1.165) is 0 Å². The van der Waals surface area contributed by atoms with Crippen LogP contribution in [0, 0.1) is 0 Å². The summed E-state index contributed by atoms with van der Waals surface area (Å²) in [6.45, 7) is 3.85. The van der Waals surface area contributed by atoms with Crippen molar-refractivity contribution in [2.45, 2.75) is 19.8 Å². The van der Waals surface area contributed by atoms with Crippen LogP contribution in [0.5, 0.6) is 0 Å². The molecular formula is C10H11ClO2. The molecule has 2 nitrogen and oxygen atoms in total. The molecule has 0 bridgehead atoms. The highest BCUT2D eigenvalue weighted by molar-refractivity contribution is 6.31. The van der Waals surface area contributed by atoms with Crippen molar-refractivity contribution in [1.29, 1.82) is 0 Å². The summed E-state index contributed by atoms with van der Waals surface area (Å²) in [5.41, 5.74) is 0.999. The lowest BCUT2D eigenvalue weighted by Crippen LogP contribution is -2.04. The second-order valence-corrected chi connectivity index (χ2v) is 3.57. The van der Waals surface area contributed by atoms with Gasteiger partial charge in [-0.25, -0.2) is 4.79 Å². The molecule has 0 aliphatic carbocycles. The highest BCUT2D eigenvalue weighted by atomic mass is 35.5. The summed E-state index contributed by atoms with van der Waals surface area (Å²) < 4.78 is 0. The Bertz CT molecular complexity index is 332. The van der Waals surface area contributed by atoms with Gasteiger partial charge in [-0.1, -0.05) is 31.5 Å². The van der Waals surface area contributed by atoms with Crippen molar-refractivity contribution >= 4 is 17.6 Å². The van der Waals surface area contributed by atoms with Crippen molar-refractivity contribution in [3.8, 4) is 0 Å². The summed E-state index contributed by atoms with van der Waals surface area (Å²) in [5.74, 6) is -0.800. The molecule has 0 saturated heterocycles. The van der Waals surface area contributed by atoms with Crippen molar-refractivity contribution in [1.82, 2.24) is 0 Å². The number of carboxylic acids is 1. The lowest BCUT2D eigenvalue weighted by atomic mass is 9.97. The highest BCUT2D eigenvalue weighted by Crippen LogP contribution is 2.27. The van der Waals surface area contributed by atoms with Gasteiger partial charge in [-0.2, -0.15) is 0 Å². The topological polar surface area (TPSA) is 37.3 Å². The molecule has 13 heavy (non-hydrogen) atoms. The first-order valence-corrected chi connectivity index (χ1v) is 4.43. The van der Waals surface area contributed by atoms with Crippen molar-refractivity contribution in [2.24, 2.45) is 0 Å². The fourth-order valence-corrected chi connectivity index (χ4v) is 1.70. The Morgan fingerprint density at radius 2 is 2.08 bits per heavy atom. The predicted octanol–water partition coefficient (Wildman–Crippen LogP) is 3.16. The zero-order valence-electron chi connectivity index (χ0n) is 7.54. The van der Waals surface area contributed by atoms with E-state index in [1.54, 1.807) is 18.2 Å². The minimum Gasteiger partial charge on any atom is -0.478 e. The smallest absolute Gasteiger partial charge is 0.336 e. The van der Waals surface area contributed by atoms with E-state index in [9.17, 15) is 4.79 Å². The molecule has 1 N–H and O–H groups in total. The number of aromatic carboxylic acids is 1. The van der Waals surface area contributed by atoms with Crippen LogP contribution >= 0.6 is 11.6 Å². The maximum absolute atomic E-state index is 10.8. The number of hydrogen-bond acceptors (Lipinski definition) is 1. The molecule has 0 atom stereocenters. The average molecular weight is 199 g/mol. The minimum atomic E-state index is -0.925. The Hall–Kier alpha value is -1.02. The zero-order valence-corrected chi connectivity index (χ0v) is 8.30. The summed E-state index contributed by atoms with van der Waals surface area (Å²) in [7, 11) is 0. The summed E-state index contributed by atoms with van der Waals surface area (Å²) in [6.07, 6.45) is 0. The first kappa shape index (κ1) is 10.1. The van der Waals surface area contributed by atoms with Crippen molar-refractivity contribution < 1.29 is 9.90 Å². The monoisotopic (exact) mass is 198 g/mol. The van der Waals surface area contributed by atoms with Crippen LogP contribution in [0.2, 0.25) is 5.02 Å². The van der Waals surface area contributed by atoms with Crippen LogP contribution in [-0.4, -0.2) is 11.1 Å². The van der Waals surface area contributed by atoms with Crippen LogP contribution in [0.15, 0.2) is 18.2 Å². The number of benzene rings is 1. The largest absolute Gasteiger partial charge is 0.478 e. The summed E-state index contributed by atoms with van der Waals surface area (Å²) in [4.78, 5) is 10.8. The van der Waals surface area contributed by atoms with Gasteiger partial charge in [-0.15, -0.1) is 0 Å². The Morgan fingerprint density at radius 3 is 2.46 bits per heavy atom. The molecule has 1 rings (SSSR count). The lowest BCUT2D eigenvalue weighted by molar-refractivity contribution is 0.0695. The molecule has 1 aromatic carbocycles. The molecule has 0 aromatic heterocycles. The van der Waals surface area contributed by atoms with Crippen LogP contribution in [-0.2, 0) is 0 Å². The average Bonchev–Trinajstić information content (AvgIpc) is 2.02. The molecule has 0 radical (unpaired) electrons. The Morgan fingerprint density at radius 1 is 1.46 bits per heavy atom. The molecule has 3 heteroatoms. The third kappa shape index (κ3) is 2.01. The molecule has 70 valence electrons. The first-order chi connectivity index (χ1) is 6.04. The second kappa shape index (κ2) is 3.79. The van der Waals surface area contributed by atoms with Crippen LogP contribution in [0.4, 0.5) is 0 Å². The van der Waals surface area contributed by atoms with Crippen molar-refractivity contribution in [3.05, 3.63) is 34.3 Å². The Balaban J connectivity index is 3.34. The standard InChI is InChI=1S/C10H11ClO2/c1-6(2)9-7(10(12)13)4-3-5-8(9)11/h3-6H,1-2H3,(H,12,13). The van der Waals surface area contributed by atoms with Gasteiger partial charge in [0.2, 0.25) is 0 Å². The van der Waals surface area contributed by atoms with E-state index in [4.69, 9.17) is 16.7 Å². The van der Waals surface area contributed by atoms with Gasteiger partial charge >= 0.3 is 5.97 Å².